The van der Waals surface area contributed by atoms with Crippen LogP contribution in [0.5, 0.6) is 0 Å². The molecule has 2 aromatic rings. The van der Waals surface area contributed by atoms with E-state index >= 15 is 0 Å². The fourth-order valence-electron chi connectivity index (χ4n) is 0.737. The highest BCUT2D eigenvalue weighted by atomic mass is 15.1. The molecule has 4 nitrogen and oxygen atoms in total. The highest BCUT2D eigenvalue weighted by Gasteiger charge is 1.90. The van der Waals surface area contributed by atoms with Gasteiger partial charge in [-0.2, -0.15) is 5.10 Å². The first kappa shape index (κ1) is 8.52. The summed E-state index contributed by atoms with van der Waals surface area (Å²) >= 11 is 0. The summed E-state index contributed by atoms with van der Waals surface area (Å²) in [5.74, 6) is 0. The van der Waals surface area contributed by atoms with Crippen molar-refractivity contribution in [3.8, 4) is 0 Å². The minimum atomic E-state index is 0.637. The molecule has 0 bridgehead atoms. The van der Waals surface area contributed by atoms with Crippen molar-refractivity contribution in [1.82, 2.24) is 20.2 Å². The molecule has 0 fully saturated rings. The van der Waals surface area contributed by atoms with Crippen LogP contribution in [0, 0.1) is 0 Å². The largest absolute Gasteiger partial charge is 0.244 e. The third-order valence-corrected chi connectivity index (χ3v) is 1.19. The first-order valence-electron chi connectivity index (χ1n) is 3.84. The third kappa shape index (κ3) is 1.72. The number of rotatable bonds is 0. The highest BCUT2D eigenvalue weighted by molar-refractivity contribution is 5.71. The van der Waals surface area contributed by atoms with E-state index in [4.69, 9.17) is 0 Å². The molecular formula is C8H10N4. The van der Waals surface area contributed by atoms with E-state index < -0.39 is 0 Å². The van der Waals surface area contributed by atoms with Gasteiger partial charge in [-0.15, -0.1) is 5.10 Å². The number of hydrogen-bond donors (Lipinski definition) is 0. The smallest absolute Gasteiger partial charge is 0.184 e. The van der Waals surface area contributed by atoms with Crippen LogP contribution < -0.4 is 0 Å². The van der Waals surface area contributed by atoms with Gasteiger partial charge in [0.15, 0.2) is 5.65 Å². The summed E-state index contributed by atoms with van der Waals surface area (Å²) in [5, 5.41) is 8.37. The maximum atomic E-state index is 3.90. The topological polar surface area (TPSA) is 51.6 Å². The van der Waals surface area contributed by atoms with Gasteiger partial charge in [0.05, 0.1) is 6.20 Å². The van der Waals surface area contributed by atoms with Crippen molar-refractivity contribution in [2.75, 3.05) is 0 Å². The Kier molecular flexibility index (Phi) is 3.07. The van der Waals surface area contributed by atoms with E-state index in [9.17, 15) is 0 Å². The molecule has 4 heteroatoms. The predicted molar refractivity (Wildman–Crippen MR) is 46.5 cm³/mol. The molecule has 2 aromatic heterocycles. The lowest BCUT2D eigenvalue weighted by Crippen LogP contribution is -1.85. The molecule has 2 heterocycles. The number of nitrogens with zero attached hydrogens (tertiary/aromatic N) is 4. The van der Waals surface area contributed by atoms with Crippen molar-refractivity contribution >= 4 is 11.0 Å². The van der Waals surface area contributed by atoms with Crippen LogP contribution in [-0.4, -0.2) is 20.2 Å². The number of aromatic nitrogens is 4. The summed E-state index contributed by atoms with van der Waals surface area (Å²) in [6, 6.07) is 1.82. The van der Waals surface area contributed by atoms with Crippen LogP contribution in [0.1, 0.15) is 13.8 Å². The molecule has 0 amide bonds. The van der Waals surface area contributed by atoms with E-state index in [-0.39, 0.29) is 0 Å². The molecule has 0 radical (unpaired) electrons. The fourth-order valence-corrected chi connectivity index (χ4v) is 0.737. The Morgan fingerprint density at radius 3 is 2.83 bits per heavy atom. The van der Waals surface area contributed by atoms with Crippen LogP contribution in [0.4, 0.5) is 0 Å². The Hall–Kier alpha value is -1.58. The van der Waals surface area contributed by atoms with E-state index in [1.165, 1.54) is 6.33 Å². The van der Waals surface area contributed by atoms with Gasteiger partial charge in [0.2, 0.25) is 0 Å². The Labute approximate surface area is 70.7 Å². The van der Waals surface area contributed by atoms with Gasteiger partial charge in [-0.25, -0.2) is 9.97 Å². The van der Waals surface area contributed by atoms with Crippen LogP contribution in [0.2, 0.25) is 0 Å². The lowest BCUT2D eigenvalue weighted by molar-refractivity contribution is 1.04. The van der Waals surface area contributed by atoms with Crippen molar-refractivity contribution in [3.63, 3.8) is 0 Å². The zero-order valence-corrected chi connectivity index (χ0v) is 7.10. The molecule has 62 valence electrons. The number of fused-ring (bicyclic) bond motifs is 1. The molecule has 0 aliphatic heterocycles. The SMILES string of the molecule is CC.c1cc2cncnc2nn1. The molecule has 0 N–H and O–H groups in total. The van der Waals surface area contributed by atoms with Crippen molar-refractivity contribution in [2.45, 2.75) is 13.8 Å². The molecule has 0 spiro atoms. The zero-order valence-electron chi connectivity index (χ0n) is 7.10. The standard InChI is InChI=1S/C6H4N4.C2H6/c1-2-9-10-6-5(1)3-7-4-8-6;1-2/h1-4H;1-2H3. The Morgan fingerprint density at radius 2 is 2.08 bits per heavy atom. The van der Waals surface area contributed by atoms with Gasteiger partial charge in [-0.3, -0.25) is 0 Å². The van der Waals surface area contributed by atoms with Gasteiger partial charge in [-0.05, 0) is 6.07 Å². The van der Waals surface area contributed by atoms with Crippen LogP contribution in [0.15, 0.2) is 24.8 Å². The Bertz CT molecular complexity index is 282. The van der Waals surface area contributed by atoms with Crippen LogP contribution in [0.3, 0.4) is 0 Å². The minimum absolute atomic E-state index is 0.637. The van der Waals surface area contributed by atoms with Crippen molar-refractivity contribution in [3.05, 3.63) is 24.8 Å². The second-order valence-corrected chi connectivity index (χ2v) is 1.83. The van der Waals surface area contributed by atoms with Gasteiger partial charge in [0.1, 0.15) is 6.33 Å². The van der Waals surface area contributed by atoms with Gasteiger partial charge in [0.25, 0.3) is 0 Å². The minimum Gasteiger partial charge on any atom is -0.244 e. The molecule has 0 aromatic carbocycles. The second-order valence-electron chi connectivity index (χ2n) is 1.83. The quantitative estimate of drug-likeness (QED) is 0.588. The van der Waals surface area contributed by atoms with Gasteiger partial charge >= 0.3 is 0 Å². The summed E-state index contributed by atoms with van der Waals surface area (Å²) in [5.41, 5.74) is 0.637. The third-order valence-electron chi connectivity index (χ3n) is 1.19. The number of hydrogen-bond acceptors (Lipinski definition) is 4. The van der Waals surface area contributed by atoms with E-state index in [0.717, 1.165) is 5.39 Å². The molecule has 0 saturated carbocycles. The first-order chi connectivity index (χ1) is 5.97. The zero-order chi connectivity index (χ0) is 8.81. The van der Waals surface area contributed by atoms with Crippen LogP contribution in [-0.2, 0) is 0 Å². The van der Waals surface area contributed by atoms with E-state index in [1.807, 2.05) is 19.9 Å². The maximum absolute atomic E-state index is 3.90. The van der Waals surface area contributed by atoms with E-state index in [0.29, 0.717) is 5.65 Å². The van der Waals surface area contributed by atoms with E-state index in [2.05, 4.69) is 20.2 Å². The second kappa shape index (κ2) is 4.33. The average molecular weight is 162 g/mol. The van der Waals surface area contributed by atoms with Crippen molar-refractivity contribution in [1.29, 1.82) is 0 Å². The molecule has 0 aliphatic rings. The summed E-state index contributed by atoms with van der Waals surface area (Å²) in [7, 11) is 0. The molecule has 0 unspecified atom stereocenters. The molecule has 0 atom stereocenters. The predicted octanol–water partition coefficient (Wildman–Crippen LogP) is 1.45. The van der Waals surface area contributed by atoms with Crippen molar-refractivity contribution < 1.29 is 0 Å². The summed E-state index contributed by atoms with van der Waals surface area (Å²) in [4.78, 5) is 7.73. The molecular weight excluding hydrogens is 152 g/mol. The average Bonchev–Trinajstić information content (AvgIpc) is 2.21. The summed E-state index contributed by atoms with van der Waals surface area (Å²) in [6.45, 7) is 4.00. The van der Waals surface area contributed by atoms with Crippen molar-refractivity contribution in [2.24, 2.45) is 0 Å². The highest BCUT2D eigenvalue weighted by Crippen LogP contribution is 2.00. The normalized spacial score (nSPS) is 8.83. The van der Waals surface area contributed by atoms with Gasteiger partial charge in [0, 0.05) is 11.6 Å². The molecule has 0 saturated heterocycles. The molecule has 2 rings (SSSR count). The first-order valence-corrected chi connectivity index (χ1v) is 3.84. The summed E-state index contributed by atoms with van der Waals surface area (Å²) < 4.78 is 0. The van der Waals surface area contributed by atoms with E-state index in [1.54, 1.807) is 12.4 Å². The van der Waals surface area contributed by atoms with Crippen LogP contribution in [0.25, 0.3) is 11.0 Å². The Balaban J connectivity index is 0.000000336. The molecule has 0 aliphatic carbocycles. The van der Waals surface area contributed by atoms with Crippen LogP contribution >= 0.6 is 0 Å². The fraction of sp³-hybridized carbons (Fsp3) is 0.250. The lowest BCUT2D eigenvalue weighted by atomic mass is 10.4. The lowest BCUT2D eigenvalue weighted by Gasteiger charge is -1.88. The Morgan fingerprint density at radius 1 is 1.25 bits per heavy atom. The monoisotopic (exact) mass is 162 g/mol. The molecule has 12 heavy (non-hydrogen) atoms. The van der Waals surface area contributed by atoms with Gasteiger partial charge in [-0.1, -0.05) is 13.8 Å². The maximum Gasteiger partial charge on any atom is 0.184 e. The summed E-state index contributed by atoms with van der Waals surface area (Å²) in [6.07, 6.45) is 4.78. The van der Waals surface area contributed by atoms with Gasteiger partial charge < -0.3 is 0 Å².